The number of aliphatic hydroxyl groups is 2. The van der Waals surface area contributed by atoms with E-state index in [0.29, 0.717) is 12.1 Å². The van der Waals surface area contributed by atoms with Gasteiger partial charge in [0.1, 0.15) is 48.1 Å². The Balaban J connectivity index is 1.09. The molecule has 5 N–H and O–H groups in total. The number of nitrogens with two attached hydrogens (primary N) is 1. The van der Waals surface area contributed by atoms with E-state index in [1.54, 1.807) is 0 Å². The molecule has 2 aromatic heterocycles. The van der Waals surface area contributed by atoms with Crippen molar-refractivity contribution in [1.82, 2.24) is 14.6 Å². The van der Waals surface area contributed by atoms with E-state index >= 15 is 0 Å². The van der Waals surface area contributed by atoms with Gasteiger partial charge in [-0.25, -0.2) is 26.9 Å². The third kappa shape index (κ3) is 12.3. The SMILES string of the molecule is CCCCCCCCCCCCCCCCCCOC[C@H](COCc1cc(F)cc(S(C)(=O)=O)c1)OP(=O)(O)OC1[C@H]2O[C@@](C#N)(c3ccc4c(N)ncnn34)[C@H](O)[C@@]12O. The fourth-order valence-electron chi connectivity index (χ4n) is 7.77. The van der Waals surface area contributed by atoms with Gasteiger partial charge >= 0.3 is 7.82 Å². The van der Waals surface area contributed by atoms with Crippen molar-refractivity contribution >= 4 is 29.0 Å². The Hall–Kier alpha value is -3.08. The Kier molecular flexibility index (Phi) is 17.4. The Morgan fingerprint density at radius 2 is 1.58 bits per heavy atom. The molecule has 19 heteroatoms. The highest BCUT2D eigenvalue weighted by molar-refractivity contribution is 7.90. The summed E-state index contributed by atoms with van der Waals surface area (Å²) < 4.78 is 81.0. The molecule has 1 saturated heterocycles. The number of phosphoric ester groups is 1. The lowest BCUT2D eigenvalue weighted by Crippen LogP contribution is -2.47. The summed E-state index contributed by atoms with van der Waals surface area (Å²) in [5.74, 6) is -0.678. The number of hydrogen-bond acceptors (Lipinski definition) is 14. The van der Waals surface area contributed by atoms with Crippen molar-refractivity contribution in [3.05, 3.63) is 53.7 Å². The van der Waals surface area contributed by atoms with Crippen LogP contribution in [0.25, 0.3) is 5.52 Å². The number of nitrogens with zero attached hydrogens (tertiary/aromatic N) is 4. The molecule has 3 heterocycles. The largest absolute Gasteiger partial charge is 0.473 e. The van der Waals surface area contributed by atoms with Crippen LogP contribution in [0.2, 0.25) is 0 Å². The molecule has 2 aliphatic rings. The first-order valence-electron chi connectivity index (χ1n) is 21.1. The molecule has 7 atom stereocenters. The second-order valence-electron chi connectivity index (χ2n) is 16.0. The van der Waals surface area contributed by atoms with Crippen molar-refractivity contribution in [2.75, 3.05) is 31.8 Å². The average Bonchev–Trinajstić information content (AvgIpc) is 3.43. The van der Waals surface area contributed by atoms with Crippen molar-refractivity contribution < 1.29 is 55.7 Å². The number of halogens is 1. The second-order valence-corrected chi connectivity index (χ2v) is 19.4. The summed E-state index contributed by atoms with van der Waals surface area (Å²) in [4.78, 5) is 14.5. The number of benzene rings is 1. The maximum absolute atomic E-state index is 14.2. The highest BCUT2D eigenvalue weighted by Crippen LogP contribution is 2.63. The third-order valence-corrected chi connectivity index (χ3v) is 13.3. The standard InChI is InChI=1S/C41H61FN5O11PS/c1-3-4-5-6-7-8-9-10-11-12-13-14-15-16-17-18-21-54-26-32(27-55-25-30-22-31(42)24-33(23-30)60(2,52)53)57-59(50,51)58-37-36-41(37,49)39(48)40(28-43,56-36)35-20-19-34-38(44)45-29-46-47(34)35/h19-20,22-24,29,32,36-37,39,48-49H,3-18,21,25-27H2,1-2H3,(H,50,51)(H2,44,45,46)/t32-,36-,37?,39+,40+,41+/m1/s1. The number of unbranched alkanes of at least 4 members (excludes halogenated alkanes) is 15. The first-order valence-corrected chi connectivity index (χ1v) is 24.5. The second kappa shape index (κ2) is 21.8. The van der Waals surface area contributed by atoms with Gasteiger partial charge in [-0.1, -0.05) is 103 Å². The van der Waals surface area contributed by atoms with E-state index < -0.39 is 59.1 Å². The normalized spacial score (nSPS) is 24.0. The number of fused-ring (bicyclic) bond motifs is 2. The van der Waals surface area contributed by atoms with Crippen LogP contribution in [-0.4, -0.2) is 94.2 Å². The first-order chi connectivity index (χ1) is 28.7. The quantitative estimate of drug-likeness (QED) is 0.0433. The number of nitriles is 1. The fourth-order valence-corrected chi connectivity index (χ4v) is 9.57. The molecule has 1 aliphatic heterocycles. The molecule has 0 spiro atoms. The minimum Gasteiger partial charge on any atom is -0.385 e. The minimum atomic E-state index is -5.04. The molecule has 2 unspecified atom stereocenters. The van der Waals surface area contributed by atoms with Crippen LogP contribution in [0.1, 0.15) is 121 Å². The van der Waals surface area contributed by atoms with Crippen LogP contribution in [0.4, 0.5) is 10.2 Å². The van der Waals surface area contributed by atoms with E-state index in [9.17, 15) is 37.7 Å². The summed E-state index contributed by atoms with van der Waals surface area (Å²) in [5.41, 5.74) is 2.07. The predicted octanol–water partition coefficient (Wildman–Crippen LogP) is 6.44. The molecular formula is C41H61FN5O11PS. The molecule has 1 aliphatic carbocycles. The molecule has 1 aromatic carbocycles. The molecule has 2 fully saturated rings. The van der Waals surface area contributed by atoms with Crippen molar-refractivity contribution in [2.45, 2.75) is 157 Å². The molecule has 60 heavy (non-hydrogen) atoms. The van der Waals surface area contributed by atoms with Crippen molar-refractivity contribution in [3.63, 3.8) is 0 Å². The highest BCUT2D eigenvalue weighted by atomic mass is 32.2. The first kappa shape index (κ1) is 48.0. The number of rotatable bonds is 29. The molecule has 334 valence electrons. The topological polar surface area (TPSA) is 238 Å². The van der Waals surface area contributed by atoms with Crippen molar-refractivity contribution in [1.29, 1.82) is 5.26 Å². The van der Waals surface area contributed by atoms with Gasteiger partial charge in [-0.3, -0.25) is 9.05 Å². The van der Waals surface area contributed by atoms with Crippen LogP contribution in [0, 0.1) is 17.1 Å². The van der Waals surface area contributed by atoms with Crippen molar-refractivity contribution in [2.24, 2.45) is 0 Å². The summed E-state index contributed by atoms with van der Waals surface area (Å²) >= 11 is 0. The Morgan fingerprint density at radius 3 is 2.15 bits per heavy atom. The molecule has 16 nitrogen and oxygen atoms in total. The summed E-state index contributed by atoms with van der Waals surface area (Å²) in [6.07, 6.45) is 15.6. The van der Waals surface area contributed by atoms with E-state index in [1.807, 2.05) is 6.07 Å². The lowest BCUT2D eigenvalue weighted by atomic mass is 9.90. The van der Waals surface area contributed by atoms with Crippen LogP contribution >= 0.6 is 7.82 Å². The van der Waals surface area contributed by atoms with Gasteiger partial charge in [-0.2, -0.15) is 10.4 Å². The third-order valence-electron chi connectivity index (χ3n) is 11.1. The van der Waals surface area contributed by atoms with E-state index in [0.717, 1.165) is 50.4 Å². The molecule has 0 amide bonds. The number of aromatic nitrogens is 3. The monoisotopic (exact) mass is 881 g/mol. The van der Waals surface area contributed by atoms with Gasteiger partial charge in [0.15, 0.2) is 21.3 Å². The van der Waals surface area contributed by atoms with Crippen LogP contribution in [0.15, 0.2) is 41.6 Å². The van der Waals surface area contributed by atoms with Crippen LogP contribution < -0.4 is 5.73 Å². The maximum Gasteiger partial charge on any atom is 0.473 e. The van der Waals surface area contributed by atoms with E-state index in [2.05, 4.69) is 17.0 Å². The van der Waals surface area contributed by atoms with Gasteiger partial charge in [0.25, 0.3) is 0 Å². The molecule has 0 radical (unpaired) electrons. The van der Waals surface area contributed by atoms with Gasteiger partial charge < -0.3 is 35.1 Å². The van der Waals surface area contributed by atoms with Gasteiger partial charge in [0.2, 0.25) is 5.60 Å². The van der Waals surface area contributed by atoms with Crippen molar-refractivity contribution in [3.8, 4) is 6.07 Å². The summed E-state index contributed by atoms with van der Waals surface area (Å²) in [6.45, 7) is 1.76. The lowest BCUT2D eigenvalue weighted by molar-refractivity contribution is -0.108. The molecular weight excluding hydrogens is 821 g/mol. The van der Waals surface area contributed by atoms with E-state index in [-0.39, 0.29) is 41.8 Å². The molecule has 5 rings (SSSR count). The number of hydrogen-bond donors (Lipinski definition) is 4. The zero-order valence-electron chi connectivity index (χ0n) is 34.6. The zero-order valence-corrected chi connectivity index (χ0v) is 36.3. The van der Waals surface area contributed by atoms with Crippen LogP contribution in [0.5, 0.6) is 0 Å². The average molecular weight is 882 g/mol. The highest BCUT2D eigenvalue weighted by Gasteiger charge is 2.83. The summed E-state index contributed by atoms with van der Waals surface area (Å²) in [5, 5.41) is 37.0. The van der Waals surface area contributed by atoms with Crippen LogP contribution in [-0.2, 0) is 49.9 Å². The maximum atomic E-state index is 14.2. The minimum absolute atomic E-state index is 0.0464. The zero-order chi connectivity index (χ0) is 43.4. The Labute approximate surface area is 352 Å². The van der Waals surface area contributed by atoms with Gasteiger partial charge in [-0.05, 0) is 42.3 Å². The number of ether oxygens (including phenoxy) is 3. The van der Waals surface area contributed by atoms with Gasteiger partial charge in [0.05, 0.1) is 30.4 Å². The Morgan fingerprint density at radius 1 is 0.983 bits per heavy atom. The number of phosphoric acid groups is 1. The summed E-state index contributed by atoms with van der Waals surface area (Å²) in [6, 6.07) is 8.11. The number of sulfone groups is 1. The number of anilines is 1. The Bertz CT molecular complexity index is 2050. The number of aliphatic hydroxyl groups excluding tert-OH is 1. The fraction of sp³-hybridized carbons (Fsp3) is 0.683. The predicted molar refractivity (Wildman–Crippen MR) is 220 cm³/mol. The lowest BCUT2D eigenvalue weighted by Gasteiger charge is -2.30. The van der Waals surface area contributed by atoms with Crippen LogP contribution in [0.3, 0.4) is 0 Å². The van der Waals surface area contributed by atoms with E-state index in [1.165, 1.54) is 99.8 Å². The van der Waals surface area contributed by atoms with E-state index in [4.69, 9.17) is 29.0 Å². The van der Waals surface area contributed by atoms with Gasteiger partial charge in [0, 0.05) is 12.9 Å². The molecule has 0 bridgehead atoms. The smallest absolute Gasteiger partial charge is 0.385 e. The summed E-state index contributed by atoms with van der Waals surface area (Å²) in [7, 11) is -8.75. The van der Waals surface area contributed by atoms with Gasteiger partial charge in [-0.15, -0.1) is 0 Å². The molecule has 1 saturated carbocycles. The molecule has 3 aromatic rings. The number of nitrogen functional groups attached to an aromatic ring is 1.